The molecule has 0 saturated carbocycles. The number of para-hydroxylation sites is 2. The molecular formula is C23H31N3O4. The van der Waals surface area contributed by atoms with Crippen molar-refractivity contribution in [1.29, 1.82) is 0 Å². The number of piperidine rings is 2. The number of carbonyl (C=O) groups is 2. The van der Waals surface area contributed by atoms with E-state index in [1.165, 1.54) is 6.42 Å². The Hall–Kier alpha value is -2.57. The molecule has 1 unspecified atom stereocenters. The second-order valence-corrected chi connectivity index (χ2v) is 8.78. The molecule has 1 aromatic carbocycles. The largest absolute Gasteiger partial charge is 0.419 e. The maximum absolute atomic E-state index is 12.8. The van der Waals surface area contributed by atoms with Gasteiger partial charge in [-0.3, -0.25) is 14.2 Å². The molecule has 30 heavy (non-hydrogen) atoms. The molecule has 2 fully saturated rings. The molecule has 2 saturated heterocycles. The Balaban J connectivity index is 1.24. The molecule has 4 rings (SSSR count). The lowest BCUT2D eigenvalue weighted by atomic mass is 9.92. The van der Waals surface area contributed by atoms with E-state index in [0.29, 0.717) is 44.0 Å². The number of rotatable bonds is 5. The topological polar surface area (TPSA) is 75.8 Å². The zero-order valence-electron chi connectivity index (χ0n) is 17.7. The number of benzene rings is 1. The number of amides is 2. The van der Waals surface area contributed by atoms with Gasteiger partial charge in [-0.05, 0) is 50.2 Å². The molecule has 2 amide bonds. The van der Waals surface area contributed by atoms with Gasteiger partial charge in [-0.2, -0.15) is 0 Å². The highest BCUT2D eigenvalue weighted by Gasteiger charge is 2.31. The standard InChI is InChI=1S/C23H31N3O4/c1-17-6-4-12-25(16-17)22(28)18-10-14-24(15-11-18)21(27)9-5-13-26-19-7-2-3-8-20(19)30-23(26)29/h2-3,7-8,17-18H,4-6,9-16H2,1H3. The van der Waals surface area contributed by atoms with E-state index in [1.54, 1.807) is 10.6 Å². The van der Waals surface area contributed by atoms with Crippen molar-refractivity contribution in [2.75, 3.05) is 26.2 Å². The predicted molar refractivity (Wildman–Crippen MR) is 114 cm³/mol. The lowest BCUT2D eigenvalue weighted by Gasteiger charge is -2.37. The van der Waals surface area contributed by atoms with Gasteiger partial charge in [0.25, 0.3) is 0 Å². The molecule has 0 N–H and O–H groups in total. The van der Waals surface area contributed by atoms with E-state index in [-0.39, 0.29) is 23.5 Å². The molecule has 0 bridgehead atoms. The smallest absolute Gasteiger partial charge is 0.408 e. The van der Waals surface area contributed by atoms with Crippen LogP contribution in [-0.4, -0.2) is 52.4 Å². The predicted octanol–water partition coefficient (Wildman–Crippen LogP) is 2.87. The first-order valence-electron chi connectivity index (χ1n) is 11.2. The van der Waals surface area contributed by atoms with Gasteiger partial charge in [-0.15, -0.1) is 0 Å². The Morgan fingerprint density at radius 2 is 1.83 bits per heavy atom. The van der Waals surface area contributed by atoms with Gasteiger partial charge in [-0.25, -0.2) is 4.79 Å². The van der Waals surface area contributed by atoms with Crippen molar-refractivity contribution in [3.8, 4) is 0 Å². The minimum absolute atomic E-state index is 0.0511. The summed E-state index contributed by atoms with van der Waals surface area (Å²) in [6, 6.07) is 7.33. The van der Waals surface area contributed by atoms with Crippen molar-refractivity contribution < 1.29 is 14.0 Å². The maximum atomic E-state index is 12.8. The zero-order valence-corrected chi connectivity index (χ0v) is 17.7. The summed E-state index contributed by atoms with van der Waals surface area (Å²) in [5, 5.41) is 0. The number of nitrogens with zero attached hydrogens (tertiary/aromatic N) is 3. The van der Waals surface area contributed by atoms with Gasteiger partial charge in [0.15, 0.2) is 5.58 Å². The Bertz CT molecular complexity index is 955. The third kappa shape index (κ3) is 4.45. The maximum Gasteiger partial charge on any atom is 0.419 e. The van der Waals surface area contributed by atoms with Crippen molar-refractivity contribution in [3.63, 3.8) is 0 Å². The number of aryl methyl sites for hydroxylation is 1. The van der Waals surface area contributed by atoms with E-state index in [1.807, 2.05) is 28.0 Å². The van der Waals surface area contributed by atoms with Gasteiger partial charge in [-0.1, -0.05) is 19.1 Å². The third-order valence-electron chi connectivity index (χ3n) is 6.51. The summed E-state index contributed by atoms with van der Waals surface area (Å²) >= 11 is 0. The van der Waals surface area contributed by atoms with Crippen LogP contribution in [-0.2, 0) is 16.1 Å². The SMILES string of the molecule is CC1CCCN(C(=O)C2CCN(C(=O)CCCn3c(=O)oc4ccccc43)CC2)C1. The van der Waals surface area contributed by atoms with E-state index >= 15 is 0 Å². The van der Waals surface area contributed by atoms with Crippen LogP contribution in [0.1, 0.15) is 45.4 Å². The summed E-state index contributed by atoms with van der Waals surface area (Å²) in [4.78, 5) is 41.4. The average Bonchev–Trinajstić information content (AvgIpc) is 3.08. The number of likely N-dealkylation sites (tertiary alicyclic amines) is 2. The molecule has 2 aliphatic rings. The summed E-state index contributed by atoms with van der Waals surface area (Å²) in [6.45, 7) is 5.72. The molecule has 2 aliphatic heterocycles. The van der Waals surface area contributed by atoms with Gasteiger partial charge in [0.05, 0.1) is 5.52 Å². The highest BCUT2D eigenvalue weighted by Crippen LogP contribution is 2.24. The molecule has 1 atom stereocenters. The van der Waals surface area contributed by atoms with Crippen molar-refractivity contribution in [2.24, 2.45) is 11.8 Å². The number of hydrogen-bond acceptors (Lipinski definition) is 4. The Morgan fingerprint density at radius 3 is 2.60 bits per heavy atom. The van der Waals surface area contributed by atoms with Gasteiger partial charge in [0.1, 0.15) is 0 Å². The van der Waals surface area contributed by atoms with E-state index in [9.17, 15) is 14.4 Å². The fraction of sp³-hybridized carbons (Fsp3) is 0.609. The molecule has 1 aromatic heterocycles. The van der Waals surface area contributed by atoms with E-state index in [0.717, 1.165) is 37.9 Å². The average molecular weight is 414 g/mol. The monoisotopic (exact) mass is 413 g/mol. The summed E-state index contributed by atoms with van der Waals surface area (Å²) in [5.41, 5.74) is 1.34. The minimum Gasteiger partial charge on any atom is -0.408 e. The van der Waals surface area contributed by atoms with Crippen molar-refractivity contribution in [1.82, 2.24) is 14.4 Å². The summed E-state index contributed by atoms with van der Waals surface area (Å²) < 4.78 is 6.83. The fourth-order valence-electron chi connectivity index (χ4n) is 4.80. The third-order valence-corrected chi connectivity index (χ3v) is 6.51. The van der Waals surface area contributed by atoms with Crippen LogP contribution in [0.5, 0.6) is 0 Å². The van der Waals surface area contributed by atoms with Crippen LogP contribution >= 0.6 is 0 Å². The quantitative estimate of drug-likeness (QED) is 0.755. The normalized spacial score (nSPS) is 20.6. The van der Waals surface area contributed by atoms with Gasteiger partial charge >= 0.3 is 5.76 Å². The van der Waals surface area contributed by atoms with Crippen LogP contribution < -0.4 is 5.76 Å². The highest BCUT2D eigenvalue weighted by molar-refractivity contribution is 5.80. The Kier molecular flexibility index (Phi) is 6.25. The Morgan fingerprint density at radius 1 is 1.07 bits per heavy atom. The number of hydrogen-bond donors (Lipinski definition) is 0. The Labute approximate surface area is 176 Å². The molecule has 7 nitrogen and oxygen atoms in total. The molecule has 0 spiro atoms. The second kappa shape index (κ2) is 9.06. The van der Waals surface area contributed by atoms with Gasteiger partial charge < -0.3 is 14.2 Å². The van der Waals surface area contributed by atoms with Gasteiger partial charge in [0, 0.05) is 45.1 Å². The lowest BCUT2D eigenvalue weighted by molar-refractivity contribution is -0.142. The molecule has 162 valence electrons. The minimum atomic E-state index is -0.380. The molecule has 0 aliphatic carbocycles. The highest BCUT2D eigenvalue weighted by atomic mass is 16.4. The number of oxazole rings is 1. The number of aromatic nitrogens is 1. The van der Waals surface area contributed by atoms with Crippen LogP contribution in [0.25, 0.3) is 11.1 Å². The summed E-state index contributed by atoms with van der Waals surface area (Å²) in [5.74, 6) is 0.641. The van der Waals surface area contributed by atoms with Gasteiger partial charge in [0.2, 0.25) is 11.8 Å². The van der Waals surface area contributed by atoms with Crippen molar-refractivity contribution in [2.45, 2.75) is 52.0 Å². The van der Waals surface area contributed by atoms with Crippen LogP contribution in [0.2, 0.25) is 0 Å². The molecule has 2 aromatic rings. The summed E-state index contributed by atoms with van der Waals surface area (Å²) in [6.07, 6.45) is 4.79. The first-order chi connectivity index (χ1) is 14.5. The van der Waals surface area contributed by atoms with Crippen LogP contribution in [0.3, 0.4) is 0 Å². The van der Waals surface area contributed by atoms with E-state index in [2.05, 4.69) is 6.92 Å². The number of carbonyl (C=O) groups excluding carboxylic acids is 2. The van der Waals surface area contributed by atoms with Crippen LogP contribution in [0, 0.1) is 11.8 Å². The molecule has 0 radical (unpaired) electrons. The van der Waals surface area contributed by atoms with E-state index < -0.39 is 0 Å². The zero-order chi connectivity index (χ0) is 21.1. The molecular weight excluding hydrogens is 382 g/mol. The van der Waals surface area contributed by atoms with Crippen molar-refractivity contribution >= 4 is 22.9 Å². The molecule has 7 heteroatoms. The van der Waals surface area contributed by atoms with Crippen LogP contribution in [0.4, 0.5) is 0 Å². The first kappa shape index (κ1) is 20.7. The fourth-order valence-corrected chi connectivity index (χ4v) is 4.80. The van der Waals surface area contributed by atoms with Crippen LogP contribution in [0.15, 0.2) is 33.5 Å². The summed E-state index contributed by atoms with van der Waals surface area (Å²) in [7, 11) is 0. The first-order valence-corrected chi connectivity index (χ1v) is 11.2. The molecule has 3 heterocycles. The lowest BCUT2D eigenvalue weighted by Crippen LogP contribution is -2.47. The number of fused-ring (bicyclic) bond motifs is 1. The van der Waals surface area contributed by atoms with Crippen molar-refractivity contribution in [3.05, 3.63) is 34.8 Å². The van der Waals surface area contributed by atoms with E-state index in [4.69, 9.17) is 4.42 Å². The second-order valence-electron chi connectivity index (χ2n) is 8.78.